The van der Waals surface area contributed by atoms with Gasteiger partial charge in [0.2, 0.25) is 0 Å². The monoisotopic (exact) mass is 189 g/mol. The van der Waals surface area contributed by atoms with Gasteiger partial charge in [0.15, 0.2) is 0 Å². The highest BCUT2D eigenvalue weighted by Gasteiger charge is 2.43. The molecule has 2 rings (SSSR count). The quantitative estimate of drug-likeness (QED) is 0.718. The summed E-state index contributed by atoms with van der Waals surface area (Å²) in [6, 6.07) is 0.361. The van der Waals surface area contributed by atoms with Gasteiger partial charge in [-0.05, 0) is 38.5 Å². The first kappa shape index (κ1) is 9.38. The van der Waals surface area contributed by atoms with Crippen molar-refractivity contribution >= 4 is 0 Å². The average Bonchev–Trinajstić information content (AvgIpc) is 2.84. The number of halogens is 2. The first-order chi connectivity index (χ1) is 6.18. The van der Waals surface area contributed by atoms with E-state index in [1.165, 1.54) is 0 Å². The van der Waals surface area contributed by atoms with Crippen molar-refractivity contribution in [1.29, 1.82) is 0 Å². The second-order valence-corrected chi connectivity index (χ2v) is 4.48. The second kappa shape index (κ2) is 3.52. The molecule has 2 aliphatic carbocycles. The van der Waals surface area contributed by atoms with Gasteiger partial charge in [0.25, 0.3) is 0 Å². The summed E-state index contributed by atoms with van der Waals surface area (Å²) in [6.07, 6.45) is 3.84. The largest absolute Gasteiger partial charge is 0.311 e. The van der Waals surface area contributed by atoms with Crippen molar-refractivity contribution in [3.05, 3.63) is 0 Å². The van der Waals surface area contributed by atoms with E-state index in [9.17, 15) is 8.78 Å². The minimum atomic E-state index is -0.910. The Morgan fingerprint density at radius 2 is 1.77 bits per heavy atom. The molecule has 2 fully saturated rings. The van der Waals surface area contributed by atoms with E-state index in [-0.39, 0.29) is 0 Å². The summed E-state index contributed by atoms with van der Waals surface area (Å²) in [5, 5.41) is 3.20. The summed E-state index contributed by atoms with van der Waals surface area (Å²) in [5.74, 6) is 0. The Hall–Kier alpha value is -0.180. The van der Waals surface area contributed by atoms with Crippen LogP contribution in [0.15, 0.2) is 0 Å². The Morgan fingerprint density at radius 3 is 2.31 bits per heavy atom. The highest BCUT2D eigenvalue weighted by atomic mass is 19.1. The zero-order valence-corrected chi connectivity index (χ0v) is 7.86. The zero-order chi connectivity index (χ0) is 9.31. The van der Waals surface area contributed by atoms with E-state index < -0.39 is 11.8 Å². The van der Waals surface area contributed by atoms with Crippen LogP contribution < -0.4 is 5.32 Å². The van der Waals surface area contributed by atoms with Crippen LogP contribution >= 0.6 is 0 Å². The van der Waals surface area contributed by atoms with Gasteiger partial charge in [0.1, 0.15) is 11.8 Å². The van der Waals surface area contributed by atoms with Gasteiger partial charge in [0, 0.05) is 12.6 Å². The van der Waals surface area contributed by atoms with Gasteiger partial charge in [-0.1, -0.05) is 0 Å². The van der Waals surface area contributed by atoms with Gasteiger partial charge in [-0.3, -0.25) is 0 Å². The fourth-order valence-electron chi connectivity index (χ4n) is 1.90. The third-order valence-corrected chi connectivity index (χ3v) is 3.16. The maximum absolute atomic E-state index is 13.2. The van der Waals surface area contributed by atoms with Gasteiger partial charge < -0.3 is 5.32 Å². The lowest BCUT2D eigenvalue weighted by atomic mass is 9.94. The highest BCUT2D eigenvalue weighted by Crippen LogP contribution is 2.39. The number of hydrogen-bond acceptors (Lipinski definition) is 1. The normalized spacial score (nSPS) is 37.4. The van der Waals surface area contributed by atoms with Gasteiger partial charge in [-0.15, -0.1) is 0 Å². The topological polar surface area (TPSA) is 12.0 Å². The molecular weight excluding hydrogens is 172 g/mol. The lowest BCUT2D eigenvalue weighted by Crippen LogP contribution is -2.37. The van der Waals surface area contributed by atoms with E-state index in [0.29, 0.717) is 38.3 Å². The SMILES string of the molecule is FC1CCC(NCC2(F)CC2)CC1. The molecule has 0 aromatic carbocycles. The van der Waals surface area contributed by atoms with Crippen LogP contribution in [0.25, 0.3) is 0 Å². The molecule has 0 aliphatic heterocycles. The summed E-state index contributed by atoms with van der Waals surface area (Å²) in [4.78, 5) is 0. The second-order valence-electron chi connectivity index (χ2n) is 4.48. The van der Waals surface area contributed by atoms with Crippen molar-refractivity contribution in [3.8, 4) is 0 Å². The van der Waals surface area contributed by atoms with Crippen molar-refractivity contribution in [1.82, 2.24) is 5.32 Å². The summed E-state index contributed by atoms with van der Waals surface area (Å²) < 4.78 is 25.9. The van der Waals surface area contributed by atoms with Gasteiger partial charge >= 0.3 is 0 Å². The van der Waals surface area contributed by atoms with E-state index in [1.54, 1.807) is 0 Å². The molecule has 0 bridgehead atoms. The van der Waals surface area contributed by atoms with Crippen LogP contribution in [0.3, 0.4) is 0 Å². The van der Waals surface area contributed by atoms with E-state index >= 15 is 0 Å². The predicted molar refractivity (Wildman–Crippen MR) is 48.2 cm³/mol. The summed E-state index contributed by atoms with van der Waals surface area (Å²) in [6.45, 7) is 0.481. The lowest BCUT2D eigenvalue weighted by molar-refractivity contribution is 0.206. The molecule has 0 spiro atoms. The number of nitrogens with one attached hydrogen (secondary N) is 1. The van der Waals surface area contributed by atoms with Gasteiger partial charge in [-0.2, -0.15) is 0 Å². The maximum atomic E-state index is 13.2. The molecule has 0 amide bonds. The van der Waals surface area contributed by atoms with Crippen molar-refractivity contribution in [2.24, 2.45) is 0 Å². The highest BCUT2D eigenvalue weighted by molar-refractivity contribution is 4.96. The molecule has 76 valence electrons. The summed E-state index contributed by atoms with van der Waals surface area (Å²) in [5.41, 5.74) is -0.910. The van der Waals surface area contributed by atoms with Crippen LogP contribution in [0, 0.1) is 0 Å². The van der Waals surface area contributed by atoms with Crippen molar-refractivity contribution in [3.63, 3.8) is 0 Å². The maximum Gasteiger partial charge on any atom is 0.123 e. The van der Waals surface area contributed by atoms with Crippen LogP contribution in [0.4, 0.5) is 8.78 Å². The molecule has 0 heterocycles. The first-order valence-corrected chi connectivity index (χ1v) is 5.24. The Kier molecular flexibility index (Phi) is 2.54. The van der Waals surface area contributed by atoms with E-state index in [0.717, 1.165) is 12.8 Å². The smallest absolute Gasteiger partial charge is 0.123 e. The van der Waals surface area contributed by atoms with Crippen LogP contribution in [0.2, 0.25) is 0 Å². The van der Waals surface area contributed by atoms with E-state index in [4.69, 9.17) is 0 Å². The van der Waals surface area contributed by atoms with Crippen LogP contribution in [0.5, 0.6) is 0 Å². The van der Waals surface area contributed by atoms with Crippen molar-refractivity contribution < 1.29 is 8.78 Å². The fraction of sp³-hybridized carbons (Fsp3) is 1.00. The summed E-state index contributed by atoms with van der Waals surface area (Å²) in [7, 11) is 0. The predicted octanol–water partition coefficient (Wildman–Crippen LogP) is 2.36. The van der Waals surface area contributed by atoms with Crippen molar-refractivity contribution in [2.75, 3.05) is 6.54 Å². The molecule has 2 aliphatic rings. The molecule has 3 heteroatoms. The van der Waals surface area contributed by atoms with Gasteiger partial charge in [-0.25, -0.2) is 8.78 Å². The van der Waals surface area contributed by atoms with Crippen LogP contribution in [-0.2, 0) is 0 Å². The molecule has 0 aromatic rings. The molecule has 13 heavy (non-hydrogen) atoms. The van der Waals surface area contributed by atoms with Crippen LogP contribution in [0.1, 0.15) is 38.5 Å². The first-order valence-electron chi connectivity index (χ1n) is 5.24. The Labute approximate surface area is 77.9 Å². The summed E-state index contributed by atoms with van der Waals surface area (Å²) >= 11 is 0. The van der Waals surface area contributed by atoms with Gasteiger partial charge in [0.05, 0.1) is 0 Å². The molecule has 0 unspecified atom stereocenters. The molecule has 0 saturated heterocycles. The van der Waals surface area contributed by atoms with E-state index in [2.05, 4.69) is 5.32 Å². The molecule has 1 N–H and O–H groups in total. The minimum Gasteiger partial charge on any atom is -0.311 e. The van der Waals surface area contributed by atoms with Crippen molar-refractivity contribution in [2.45, 2.75) is 56.4 Å². The van der Waals surface area contributed by atoms with Crippen LogP contribution in [-0.4, -0.2) is 24.4 Å². The Balaban J connectivity index is 1.65. The zero-order valence-electron chi connectivity index (χ0n) is 7.86. The molecular formula is C10H17F2N. The Bertz CT molecular complexity index is 172. The number of hydrogen-bond donors (Lipinski definition) is 1. The third-order valence-electron chi connectivity index (χ3n) is 3.16. The standard InChI is InChI=1S/C10H17F2N/c11-8-1-3-9(4-2-8)13-7-10(12)5-6-10/h8-9,13H,1-7H2. The number of alkyl halides is 2. The molecule has 1 nitrogen and oxygen atoms in total. The Morgan fingerprint density at radius 1 is 1.15 bits per heavy atom. The minimum absolute atomic E-state index is 0.361. The molecule has 0 aromatic heterocycles. The third kappa shape index (κ3) is 2.63. The molecule has 0 radical (unpaired) electrons. The lowest BCUT2D eigenvalue weighted by Gasteiger charge is -2.25. The molecule has 0 atom stereocenters. The number of rotatable bonds is 3. The average molecular weight is 189 g/mol. The molecule has 2 saturated carbocycles. The van der Waals surface area contributed by atoms with E-state index in [1.807, 2.05) is 0 Å². The fourth-order valence-corrected chi connectivity index (χ4v) is 1.90.